The zero-order valence-electron chi connectivity index (χ0n) is 30.0. The normalized spacial score (nSPS) is 21.2. The molecule has 0 aliphatic heterocycles. The van der Waals surface area contributed by atoms with Crippen LogP contribution in [0.1, 0.15) is 156 Å². The zero-order valence-corrected chi connectivity index (χ0v) is 30.0. The van der Waals surface area contributed by atoms with Gasteiger partial charge < -0.3 is 29.9 Å². The Kier molecular flexibility index (Phi) is 25.9. The number of hydrogen-bond acceptors (Lipinski definition) is 8. The first-order valence-corrected chi connectivity index (χ1v) is 19.0. The molecule has 8 heteroatoms. The molecule has 8 nitrogen and oxygen atoms in total. The van der Waals surface area contributed by atoms with Gasteiger partial charge in [-0.15, -0.1) is 0 Å². The summed E-state index contributed by atoms with van der Waals surface area (Å²) < 4.78 is 10.2. The summed E-state index contributed by atoms with van der Waals surface area (Å²) in [5.74, 6) is -0.501. The van der Waals surface area contributed by atoms with E-state index in [1.165, 1.54) is 64.2 Å². The summed E-state index contributed by atoms with van der Waals surface area (Å²) in [4.78, 5) is 24.1. The van der Waals surface area contributed by atoms with Crippen LogP contribution >= 0.6 is 0 Å². The maximum absolute atomic E-state index is 12.1. The van der Waals surface area contributed by atoms with E-state index in [-0.39, 0.29) is 43.9 Å². The van der Waals surface area contributed by atoms with E-state index in [1.54, 1.807) is 18.2 Å². The highest BCUT2D eigenvalue weighted by molar-refractivity contribution is 5.71. The summed E-state index contributed by atoms with van der Waals surface area (Å²) in [6.45, 7) is 6.25. The van der Waals surface area contributed by atoms with Crippen molar-refractivity contribution in [3.8, 4) is 0 Å². The highest BCUT2D eigenvalue weighted by Crippen LogP contribution is 2.36. The first-order valence-electron chi connectivity index (χ1n) is 19.0. The van der Waals surface area contributed by atoms with Crippen LogP contribution in [0.5, 0.6) is 0 Å². The molecule has 1 rings (SSSR count). The number of carbonyl (C=O) groups excluding carboxylic acids is 2. The average molecular weight is 667 g/mol. The molecule has 47 heavy (non-hydrogen) atoms. The molecule has 4 N–H and O–H groups in total. The molecule has 0 radical (unpaired) electrons. The van der Waals surface area contributed by atoms with Crippen molar-refractivity contribution in [2.45, 2.75) is 180 Å². The fourth-order valence-electron chi connectivity index (χ4n) is 6.24. The Labute approximate surface area is 286 Å². The molecular weight excluding hydrogens is 596 g/mol. The summed E-state index contributed by atoms with van der Waals surface area (Å²) >= 11 is 0. The SMILES string of the molecule is CCCCC[C@@H](O)/C=C/[C@@H]1[C@H](C/C=C\CC(=O)OC[C@H](O)COC(=O)CCCCCCCCCCCCCCC(C)C)[C@@H](O)C[C@H]1O. The standard InChI is InChI=1S/C39H70O8/c1-4-5-16-22-32(40)26-27-35-34(36(42)28-37(35)43)23-19-20-25-39(45)47-30-33(41)29-46-38(44)24-18-15-13-11-9-7-6-8-10-12-14-17-21-31(2)3/h19-20,26-27,31-37,40-43H,4-18,21-25,28-30H2,1-3H3/b20-19-,27-26+/t32-,33-,34+,35-,36+,37-/m1/s1. The Morgan fingerprint density at radius 1 is 0.723 bits per heavy atom. The van der Waals surface area contributed by atoms with Crippen molar-refractivity contribution < 1.29 is 39.5 Å². The van der Waals surface area contributed by atoms with Crippen LogP contribution in [0.4, 0.5) is 0 Å². The highest BCUT2D eigenvalue weighted by Gasteiger charge is 2.39. The molecule has 0 bridgehead atoms. The highest BCUT2D eigenvalue weighted by atomic mass is 16.6. The van der Waals surface area contributed by atoms with Gasteiger partial charge in [0.2, 0.25) is 0 Å². The molecule has 0 aromatic heterocycles. The van der Waals surface area contributed by atoms with E-state index in [1.807, 2.05) is 6.08 Å². The topological polar surface area (TPSA) is 134 Å². The lowest BCUT2D eigenvalue weighted by Gasteiger charge is -2.19. The van der Waals surface area contributed by atoms with Crippen molar-refractivity contribution in [2.75, 3.05) is 13.2 Å². The number of allylic oxidation sites excluding steroid dienone is 1. The van der Waals surface area contributed by atoms with Crippen molar-refractivity contribution in [2.24, 2.45) is 17.8 Å². The Hall–Kier alpha value is -1.74. The molecule has 0 spiro atoms. The first kappa shape index (κ1) is 43.3. The van der Waals surface area contributed by atoms with Crippen molar-refractivity contribution in [3.05, 3.63) is 24.3 Å². The van der Waals surface area contributed by atoms with Gasteiger partial charge in [0.15, 0.2) is 0 Å². The lowest BCUT2D eigenvalue weighted by atomic mass is 9.89. The average Bonchev–Trinajstić information content (AvgIpc) is 3.31. The minimum atomic E-state index is -1.08. The zero-order chi connectivity index (χ0) is 34.7. The van der Waals surface area contributed by atoms with Gasteiger partial charge in [-0.1, -0.05) is 141 Å². The summed E-state index contributed by atoms with van der Waals surface area (Å²) in [6.07, 6.45) is 25.1. The van der Waals surface area contributed by atoms with E-state index >= 15 is 0 Å². The minimum Gasteiger partial charge on any atom is -0.463 e. The van der Waals surface area contributed by atoms with Gasteiger partial charge in [-0.2, -0.15) is 0 Å². The van der Waals surface area contributed by atoms with Crippen LogP contribution < -0.4 is 0 Å². The second kappa shape index (κ2) is 28.1. The maximum atomic E-state index is 12.1. The molecule has 0 aromatic carbocycles. The lowest BCUT2D eigenvalue weighted by molar-refractivity contribution is -0.151. The molecule has 1 fully saturated rings. The number of rotatable bonds is 29. The molecule has 1 aliphatic carbocycles. The third kappa shape index (κ3) is 23.3. The molecule has 1 saturated carbocycles. The van der Waals surface area contributed by atoms with Crippen molar-refractivity contribution in [1.82, 2.24) is 0 Å². The predicted octanol–water partition coefficient (Wildman–Crippen LogP) is 7.74. The summed E-state index contributed by atoms with van der Waals surface area (Å²) in [5.41, 5.74) is 0. The van der Waals surface area contributed by atoms with E-state index in [0.717, 1.165) is 44.4 Å². The van der Waals surface area contributed by atoms with Crippen molar-refractivity contribution >= 4 is 11.9 Å². The Bertz CT molecular complexity index is 841. The molecule has 6 atom stereocenters. The van der Waals surface area contributed by atoms with E-state index in [2.05, 4.69) is 20.8 Å². The number of unbranched alkanes of at least 4 members (excludes halogenated alkanes) is 13. The second-order valence-corrected chi connectivity index (χ2v) is 14.2. The van der Waals surface area contributed by atoms with Crippen LogP contribution in [-0.4, -0.2) is 70.0 Å². The van der Waals surface area contributed by atoms with Crippen molar-refractivity contribution in [1.29, 1.82) is 0 Å². The molecule has 0 saturated heterocycles. The van der Waals surface area contributed by atoms with Crippen LogP contribution in [0.3, 0.4) is 0 Å². The fraction of sp³-hybridized carbons (Fsp3) is 0.846. The lowest BCUT2D eigenvalue weighted by Crippen LogP contribution is -2.25. The Morgan fingerprint density at radius 3 is 1.87 bits per heavy atom. The smallest absolute Gasteiger partial charge is 0.309 e. The van der Waals surface area contributed by atoms with Crippen LogP contribution in [0, 0.1) is 17.8 Å². The third-order valence-electron chi connectivity index (χ3n) is 9.22. The predicted molar refractivity (Wildman–Crippen MR) is 189 cm³/mol. The second-order valence-electron chi connectivity index (χ2n) is 14.2. The molecule has 0 amide bonds. The van der Waals surface area contributed by atoms with Gasteiger partial charge in [0, 0.05) is 18.8 Å². The van der Waals surface area contributed by atoms with Gasteiger partial charge in [0.25, 0.3) is 0 Å². The Balaban J connectivity index is 2.08. The number of aliphatic hydroxyl groups excluding tert-OH is 4. The number of ether oxygens (including phenoxy) is 2. The quantitative estimate of drug-likeness (QED) is 0.0362. The molecule has 0 heterocycles. The fourth-order valence-corrected chi connectivity index (χ4v) is 6.24. The number of aliphatic hydroxyl groups is 4. The van der Waals surface area contributed by atoms with Gasteiger partial charge in [0.05, 0.1) is 24.7 Å². The maximum Gasteiger partial charge on any atom is 0.309 e. The largest absolute Gasteiger partial charge is 0.463 e. The van der Waals surface area contributed by atoms with Gasteiger partial charge >= 0.3 is 11.9 Å². The van der Waals surface area contributed by atoms with Gasteiger partial charge in [-0.3, -0.25) is 9.59 Å². The molecular formula is C39H70O8. The summed E-state index contributed by atoms with van der Waals surface area (Å²) in [5, 5.41) is 41.0. The van der Waals surface area contributed by atoms with E-state index < -0.39 is 30.4 Å². The van der Waals surface area contributed by atoms with Crippen molar-refractivity contribution in [3.63, 3.8) is 0 Å². The van der Waals surface area contributed by atoms with Crippen LogP contribution in [-0.2, 0) is 19.1 Å². The van der Waals surface area contributed by atoms with E-state index in [9.17, 15) is 30.0 Å². The van der Waals surface area contributed by atoms with Crippen LogP contribution in [0.2, 0.25) is 0 Å². The number of esters is 2. The van der Waals surface area contributed by atoms with Gasteiger partial charge in [-0.25, -0.2) is 0 Å². The van der Waals surface area contributed by atoms with Crippen LogP contribution in [0.25, 0.3) is 0 Å². The minimum absolute atomic E-state index is 0.00704. The molecule has 1 aliphatic rings. The van der Waals surface area contributed by atoms with Crippen LogP contribution in [0.15, 0.2) is 24.3 Å². The molecule has 274 valence electrons. The molecule has 0 aromatic rings. The Morgan fingerprint density at radius 2 is 1.28 bits per heavy atom. The summed E-state index contributed by atoms with van der Waals surface area (Å²) in [7, 11) is 0. The third-order valence-corrected chi connectivity index (χ3v) is 9.22. The van der Waals surface area contributed by atoms with E-state index in [0.29, 0.717) is 19.3 Å². The summed E-state index contributed by atoms with van der Waals surface area (Å²) in [6, 6.07) is 0. The van der Waals surface area contributed by atoms with Gasteiger partial charge in [0.1, 0.15) is 19.3 Å². The van der Waals surface area contributed by atoms with Gasteiger partial charge in [-0.05, 0) is 31.1 Å². The first-order chi connectivity index (χ1) is 22.6. The van der Waals surface area contributed by atoms with E-state index in [4.69, 9.17) is 9.47 Å². The monoisotopic (exact) mass is 667 g/mol. The number of carbonyl (C=O) groups is 2. The molecule has 0 unspecified atom stereocenters. The number of hydrogen-bond donors (Lipinski definition) is 4.